The summed E-state index contributed by atoms with van der Waals surface area (Å²) in [5.41, 5.74) is -0.00680. The smallest absolute Gasteiger partial charge is 0.191 e. The topological polar surface area (TPSA) is 52.8 Å². The molecule has 1 atom stereocenters. The van der Waals surface area contributed by atoms with Crippen LogP contribution in [0.3, 0.4) is 0 Å². The van der Waals surface area contributed by atoms with E-state index in [1.807, 2.05) is 13.1 Å². The maximum atomic E-state index is 5.67. The second-order valence-electron chi connectivity index (χ2n) is 6.96. The van der Waals surface area contributed by atoms with Crippen LogP contribution in [0, 0.1) is 0 Å². The summed E-state index contributed by atoms with van der Waals surface area (Å²) in [5, 5.41) is 6.85. The highest BCUT2D eigenvalue weighted by molar-refractivity contribution is 14.0. The highest BCUT2D eigenvalue weighted by Gasteiger charge is 2.25. The Hall–Kier alpha value is -0.760. The van der Waals surface area contributed by atoms with Gasteiger partial charge in [0.2, 0.25) is 0 Å². The molecule has 1 aromatic rings. The van der Waals surface area contributed by atoms with Gasteiger partial charge >= 0.3 is 0 Å². The predicted octanol–water partition coefficient (Wildman–Crippen LogP) is 3.39. The largest absolute Gasteiger partial charge is 0.468 e. The number of rotatable bonds is 4. The molecule has 5 nitrogen and oxygen atoms in total. The molecule has 0 aliphatic carbocycles. The van der Waals surface area contributed by atoms with Crippen molar-refractivity contribution in [1.29, 1.82) is 0 Å². The van der Waals surface area contributed by atoms with E-state index >= 15 is 0 Å². The van der Waals surface area contributed by atoms with Crippen molar-refractivity contribution in [3.63, 3.8) is 0 Å². The van der Waals surface area contributed by atoms with Gasteiger partial charge in [0.05, 0.1) is 12.3 Å². The van der Waals surface area contributed by atoms with Crippen LogP contribution in [0.15, 0.2) is 27.8 Å². The van der Waals surface area contributed by atoms with E-state index in [9.17, 15) is 0 Å². The van der Waals surface area contributed by atoms with Crippen LogP contribution in [-0.4, -0.2) is 43.1 Å². The van der Waals surface area contributed by atoms with E-state index in [2.05, 4.69) is 47.4 Å². The van der Waals surface area contributed by atoms with E-state index in [-0.39, 0.29) is 35.6 Å². The first-order valence-corrected chi connectivity index (χ1v) is 8.26. The number of piperidine rings is 1. The lowest BCUT2D eigenvalue weighted by Crippen LogP contribution is -2.50. The maximum Gasteiger partial charge on any atom is 0.191 e. The van der Waals surface area contributed by atoms with Gasteiger partial charge in [0.15, 0.2) is 5.96 Å². The SMILES string of the molecule is CN=C(NCC(c1ccco1)N1CCCCC1)NC(C)(C)C.I. The molecule has 2 rings (SSSR count). The molecular weight excluding hydrogens is 403 g/mol. The zero-order chi connectivity index (χ0) is 16.0. The van der Waals surface area contributed by atoms with Crippen molar-refractivity contribution in [3.05, 3.63) is 24.2 Å². The molecule has 6 heteroatoms. The third-order valence-electron chi connectivity index (χ3n) is 3.88. The minimum Gasteiger partial charge on any atom is -0.468 e. The lowest BCUT2D eigenvalue weighted by Gasteiger charge is -2.34. The molecule has 1 fully saturated rings. The Morgan fingerprint density at radius 2 is 2.00 bits per heavy atom. The summed E-state index contributed by atoms with van der Waals surface area (Å²) >= 11 is 0. The molecule has 1 aliphatic rings. The van der Waals surface area contributed by atoms with Crippen molar-refractivity contribution >= 4 is 29.9 Å². The third-order valence-corrected chi connectivity index (χ3v) is 3.88. The zero-order valence-electron chi connectivity index (χ0n) is 14.8. The quantitative estimate of drug-likeness (QED) is 0.434. The van der Waals surface area contributed by atoms with Gasteiger partial charge in [-0.25, -0.2) is 0 Å². The van der Waals surface area contributed by atoms with E-state index in [1.165, 1.54) is 19.3 Å². The molecule has 2 N–H and O–H groups in total. The molecule has 132 valence electrons. The summed E-state index contributed by atoms with van der Waals surface area (Å²) in [7, 11) is 1.81. The molecule has 1 aliphatic heterocycles. The van der Waals surface area contributed by atoms with Crippen LogP contribution in [0.25, 0.3) is 0 Å². The number of nitrogens with zero attached hydrogens (tertiary/aromatic N) is 2. The van der Waals surface area contributed by atoms with Crippen molar-refractivity contribution in [3.8, 4) is 0 Å². The molecule has 0 saturated carbocycles. The number of aliphatic imine (C=N–C) groups is 1. The van der Waals surface area contributed by atoms with Crippen LogP contribution in [0.5, 0.6) is 0 Å². The van der Waals surface area contributed by atoms with E-state index in [0.29, 0.717) is 0 Å². The van der Waals surface area contributed by atoms with Crippen LogP contribution >= 0.6 is 24.0 Å². The van der Waals surface area contributed by atoms with Gasteiger partial charge in [0, 0.05) is 19.1 Å². The van der Waals surface area contributed by atoms with Gasteiger partial charge in [-0.15, -0.1) is 24.0 Å². The number of hydrogen-bond donors (Lipinski definition) is 2. The first-order valence-electron chi connectivity index (χ1n) is 8.26. The van der Waals surface area contributed by atoms with Crippen molar-refractivity contribution in [2.45, 2.75) is 51.6 Å². The number of hydrogen-bond acceptors (Lipinski definition) is 3. The van der Waals surface area contributed by atoms with Crippen molar-refractivity contribution in [1.82, 2.24) is 15.5 Å². The van der Waals surface area contributed by atoms with Gasteiger partial charge in [-0.05, 0) is 58.8 Å². The van der Waals surface area contributed by atoms with E-state index < -0.39 is 0 Å². The Morgan fingerprint density at radius 3 is 2.52 bits per heavy atom. The highest BCUT2D eigenvalue weighted by Crippen LogP contribution is 2.24. The monoisotopic (exact) mass is 434 g/mol. The summed E-state index contributed by atoms with van der Waals surface area (Å²) in [4.78, 5) is 6.83. The van der Waals surface area contributed by atoms with E-state index in [4.69, 9.17) is 4.42 Å². The number of guanidine groups is 1. The molecule has 1 aromatic heterocycles. The first-order chi connectivity index (χ1) is 10.5. The summed E-state index contributed by atoms with van der Waals surface area (Å²) < 4.78 is 5.67. The maximum absolute atomic E-state index is 5.67. The van der Waals surface area contributed by atoms with Crippen LogP contribution in [0.1, 0.15) is 51.8 Å². The van der Waals surface area contributed by atoms with Crippen molar-refractivity contribution in [2.75, 3.05) is 26.7 Å². The molecule has 1 unspecified atom stereocenters. The summed E-state index contributed by atoms with van der Waals surface area (Å²) in [6.45, 7) is 9.47. The van der Waals surface area contributed by atoms with Crippen LogP contribution < -0.4 is 10.6 Å². The average molecular weight is 434 g/mol. The van der Waals surface area contributed by atoms with Gasteiger partial charge in [-0.2, -0.15) is 0 Å². The lowest BCUT2D eigenvalue weighted by molar-refractivity contribution is 0.146. The molecule has 1 saturated heterocycles. The fraction of sp³-hybridized carbons (Fsp3) is 0.706. The normalized spacial score (nSPS) is 18.2. The molecule has 0 radical (unpaired) electrons. The second kappa shape index (κ2) is 9.52. The van der Waals surface area contributed by atoms with Gasteiger partial charge in [0.1, 0.15) is 5.76 Å². The molecule has 0 aromatic carbocycles. The fourth-order valence-electron chi connectivity index (χ4n) is 2.85. The van der Waals surface area contributed by atoms with Crippen LogP contribution in [-0.2, 0) is 0 Å². The first kappa shape index (κ1) is 20.3. The highest BCUT2D eigenvalue weighted by atomic mass is 127. The summed E-state index contributed by atoms with van der Waals surface area (Å²) in [5.74, 6) is 1.86. The minimum atomic E-state index is -0.00680. The Bertz CT molecular complexity index is 461. The standard InChI is InChI=1S/C17H30N4O.HI/c1-17(2,3)20-16(18-4)19-13-14(15-9-8-12-22-15)21-10-6-5-7-11-21;/h8-9,12,14H,5-7,10-11,13H2,1-4H3,(H2,18,19,20);1H. The molecule has 0 amide bonds. The van der Waals surface area contributed by atoms with E-state index in [0.717, 1.165) is 31.4 Å². The lowest BCUT2D eigenvalue weighted by atomic mass is 10.1. The van der Waals surface area contributed by atoms with Gasteiger partial charge in [0.25, 0.3) is 0 Å². The Balaban J connectivity index is 0.00000264. The van der Waals surface area contributed by atoms with Crippen molar-refractivity contribution in [2.24, 2.45) is 4.99 Å². The minimum absolute atomic E-state index is 0. The number of halogens is 1. The average Bonchev–Trinajstić information content (AvgIpc) is 3.00. The third kappa shape index (κ3) is 6.71. The molecule has 0 spiro atoms. The fourth-order valence-corrected chi connectivity index (χ4v) is 2.85. The zero-order valence-corrected chi connectivity index (χ0v) is 17.1. The Labute approximate surface area is 157 Å². The molecule has 23 heavy (non-hydrogen) atoms. The number of likely N-dealkylation sites (tertiary alicyclic amines) is 1. The summed E-state index contributed by atoms with van der Waals surface area (Å²) in [6, 6.07) is 4.30. The van der Waals surface area contributed by atoms with Crippen LogP contribution in [0.4, 0.5) is 0 Å². The van der Waals surface area contributed by atoms with Crippen LogP contribution in [0.2, 0.25) is 0 Å². The molecular formula is C17H31IN4O. The van der Waals surface area contributed by atoms with Gasteiger partial charge < -0.3 is 15.1 Å². The van der Waals surface area contributed by atoms with Gasteiger partial charge in [-0.3, -0.25) is 9.89 Å². The van der Waals surface area contributed by atoms with Gasteiger partial charge in [-0.1, -0.05) is 6.42 Å². The van der Waals surface area contributed by atoms with E-state index in [1.54, 1.807) is 6.26 Å². The molecule has 0 bridgehead atoms. The van der Waals surface area contributed by atoms with Crippen molar-refractivity contribution < 1.29 is 4.42 Å². The Morgan fingerprint density at radius 1 is 1.30 bits per heavy atom. The Kier molecular flexibility index (Phi) is 8.39. The number of furan rings is 1. The predicted molar refractivity (Wildman–Crippen MR) is 107 cm³/mol. The number of nitrogens with one attached hydrogen (secondary N) is 2. The summed E-state index contributed by atoms with van der Waals surface area (Å²) in [6.07, 6.45) is 5.63. The second-order valence-corrected chi connectivity index (χ2v) is 6.96. The molecule has 2 heterocycles.